The van der Waals surface area contributed by atoms with Crippen LogP contribution >= 0.6 is 11.3 Å². The van der Waals surface area contributed by atoms with E-state index >= 15 is 0 Å². The summed E-state index contributed by atoms with van der Waals surface area (Å²) in [6.45, 7) is 2.50. The maximum Gasteiger partial charge on any atom is 0.273 e. The van der Waals surface area contributed by atoms with Crippen molar-refractivity contribution in [3.8, 4) is 0 Å². The number of carbonyl (C=O) groups excluding carboxylic acids is 1. The SMILES string of the molecule is COCc1nc(C(=O)N(CCN(C)C)Cc2ccccc2)cs1. The molecule has 0 atom stereocenters. The molecule has 1 heterocycles. The van der Waals surface area contributed by atoms with E-state index in [2.05, 4.69) is 9.88 Å². The smallest absolute Gasteiger partial charge is 0.273 e. The first-order chi connectivity index (χ1) is 11.1. The third-order valence-corrected chi connectivity index (χ3v) is 4.18. The molecule has 23 heavy (non-hydrogen) atoms. The highest BCUT2D eigenvalue weighted by Crippen LogP contribution is 2.14. The van der Waals surface area contributed by atoms with E-state index in [1.54, 1.807) is 7.11 Å². The molecule has 0 saturated heterocycles. The Morgan fingerprint density at radius 2 is 1.96 bits per heavy atom. The fraction of sp³-hybridized carbons (Fsp3) is 0.412. The molecule has 2 aromatic rings. The Hall–Kier alpha value is -1.76. The van der Waals surface area contributed by atoms with Crippen LogP contribution in [-0.2, 0) is 17.9 Å². The van der Waals surface area contributed by atoms with Crippen LogP contribution in [0.5, 0.6) is 0 Å². The van der Waals surface area contributed by atoms with Gasteiger partial charge in [0, 0.05) is 32.1 Å². The van der Waals surface area contributed by atoms with Gasteiger partial charge in [0.25, 0.3) is 5.91 Å². The molecule has 0 spiro atoms. The van der Waals surface area contributed by atoms with Crippen molar-refractivity contribution in [1.82, 2.24) is 14.8 Å². The lowest BCUT2D eigenvalue weighted by Gasteiger charge is -2.24. The van der Waals surface area contributed by atoms with Gasteiger partial charge in [-0.1, -0.05) is 30.3 Å². The summed E-state index contributed by atoms with van der Waals surface area (Å²) in [6, 6.07) is 10.0. The lowest BCUT2D eigenvalue weighted by molar-refractivity contribution is 0.0726. The Labute approximate surface area is 141 Å². The average molecular weight is 333 g/mol. The van der Waals surface area contributed by atoms with Crippen LogP contribution in [0.1, 0.15) is 21.1 Å². The van der Waals surface area contributed by atoms with Crippen molar-refractivity contribution in [3.05, 3.63) is 52.0 Å². The van der Waals surface area contributed by atoms with Gasteiger partial charge in [0.05, 0.1) is 6.61 Å². The summed E-state index contributed by atoms with van der Waals surface area (Å²) in [5, 5.41) is 2.63. The minimum Gasteiger partial charge on any atom is -0.378 e. The van der Waals surface area contributed by atoms with Gasteiger partial charge in [0.1, 0.15) is 10.7 Å². The molecule has 0 unspecified atom stereocenters. The van der Waals surface area contributed by atoms with E-state index in [4.69, 9.17) is 4.74 Å². The Morgan fingerprint density at radius 3 is 2.61 bits per heavy atom. The monoisotopic (exact) mass is 333 g/mol. The van der Waals surface area contributed by atoms with Crippen LogP contribution in [0.3, 0.4) is 0 Å². The minimum atomic E-state index is -0.0330. The van der Waals surface area contributed by atoms with E-state index in [1.165, 1.54) is 11.3 Å². The van der Waals surface area contributed by atoms with E-state index in [0.717, 1.165) is 17.1 Å². The molecule has 5 nitrogen and oxygen atoms in total. The fourth-order valence-corrected chi connectivity index (χ4v) is 2.88. The third kappa shape index (κ3) is 5.42. The van der Waals surface area contributed by atoms with Gasteiger partial charge in [0.15, 0.2) is 0 Å². The number of amides is 1. The third-order valence-electron chi connectivity index (χ3n) is 3.36. The first-order valence-electron chi connectivity index (χ1n) is 7.51. The van der Waals surface area contributed by atoms with Crippen molar-refractivity contribution in [2.24, 2.45) is 0 Å². The van der Waals surface area contributed by atoms with Gasteiger partial charge in [-0.15, -0.1) is 11.3 Å². The number of methoxy groups -OCH3 is 1. The lowest BCUT2D eigenvalue weighted by atomic mass is 10.2. The van der Waals surface area contributed by atoms with Gasteiger partial charge >= 0.3 is 0 Å². The number of benzene rings is 1. The van der Waals surface area contributed by atoms with Crippen molar-refractivity contribution in [1.29, 1.82) is 0 Å². The van der Waals surface area contributed by atoms with Crippen LogP contribution < -0.4 is 0 Å². The molecule has 1 aromatic carbocycles. The average Bonchev–Trinajstić information content (AvgIpc) is 3.00. The normalized spacial score (nSPS) is 11.0. The summed E-state index contributed by atoms with van der Waals surface area (Å²) in [4.78, 5) is 21.1. The predicted molar refractivity (Wildman–Crippen MR) is 92.6 cm³/mol. The fourth-order valence-electron chi connectivity index (χ4n) is 2.14. The van der Waals surface area contributed by atoms with Gasteiger partial charge in [0.2, 0.25) is 0 Å². The quantitative estimate of drug-likeness (QED) is 0.745. The van der Waals surface area contributed by atoms with Crippen molar-refractivity contribution < 1.29 is 9.53 Å². The highest BCUT2D eigenvalue weighted by molar-refractivity contribution is 7.09. The molecule has 0 aliphatic carbocycles. The molecule has 6 heteroatoms. The Morgan fingerprint density at radius 1 is 1.22 bits per heavy atom. The molecule has 0 saturated carbocycles. The summed E-state index contributed by atoms with van der Waals surface area (Å²) in [7, 11) is 5.64. The summed E-state index contributed by atoms with van der Waals surface area (Å²) in [5.74, 6) is -0.0330. The molecule has 0 aliphatic rings. The number of hydrogen-bond donors (Lipinski definition) is 0. The number of aromatic nitrogens is 1. The zero-order valence-corrected chi connectivity index (χ0v) is 14.7. The maximum atomic E-state index is 12.8. The molecule has 1 aromatic heterocycles. The topological polar surface area (TPSA) is 45.7 Å². The first-order valence-corrected chi connectivity index (χ1v) is 8.39. The number of ether oxygens (including phenoxy) is 1. The van der Waals surface area contributed by atoms with Crippen molar-refractivity contribution in [2.45, 2.75) is 13.2 Å². The molecular formula is C17H23N3O2S. The maximum absolute atomic E-state index is 12.8. The zero-order chi connectivity index (χ0) is 16.7. The highest BCUT2D eigenvalue weighted by atomic mass is 32.1. The van der Waals surface area contributed by atoms with Gasteiger partial charge in [-0.25, -0.2) is 4.98 Å². The van der Waals surface area contributed by atoms with Crippen LogP contribution in [0.15, 0.2) is 35.7 Å². The molecule has 1 amide bonds. The highest BCUT2D eigenvalue weighted by Gasteiger charge is 2.19. The second-order valence-corrected chi connectivity index (χ2v) is 6.52. The summed E-state index contributed by atoms with van der Waals surface area (Å²) < 4.78 is 5.07. The summed E-state index contributed by atoms with van der Waals surface area (Å²) in [5.41, 5.74) is 1.61. The second-order valence-electron chi connectivity index (χ2n) is 5.58. The number of nitrogens with zero attached hydrogens (tertiary/aromatic N) is 3. The van der Waals surface area contributed by atoms with E-state index < -0.39 is 0 Å². The van der Waals surface area contributed by atoms with Crippen LogP contribution in [0.4, 0.5) is 0 Å². The minimum absolute atomic E-state index is 0.0330. The molecule has 0 fully saturated rings. The Balaban J connectivity index is 2.12. The van der Waals surface area contributed by atoms with Gasteiger partial charge < -0.3 is 14.5 Å². The molecular weight excluding hydrogens is 310 g/mol. The lowest BCUT2D eigenvalue weighted by Crippen LogP contribution is -2.36. The van der Waals surface area contributed by atoms with Crippen molar-refractivity contribution in [2.75, 3.05) is 34.3 Å². The standard InChI is InChI=1S/C17H23N3O2S/c1-19(2)9-10-20(11-14-7-5-4-6-8-14)17(21)15-13-23-16(18-15)12-22-3/h4-8,13H,9-12H2,1-3H3. The van der Waals surface area contributed by atoms with E-state index in [0.29, 0.717) is 25.4 Å². The number of rotatable bonds is 8. The van der Waals surface area contributed by atoms with Crippen molar-refractivity contribution in [3.63, 3.8) is 0 Å². The summed E-state index contributed by atoms with van der Waals surface area (Å²) in [6.07, 6.45) is 0. The molecule has 0 N–H and O–H groups in total. The Bertz CT molecular complexity index is 613. The molecule has 0 bridgehead atoms. The van der Waals surface area contributed by atoms with E-state index in [-0.39, 0.29) is 5.91 Å². The van der Waals surface area contributed by atoms with Gasteiger partial charge in [-0.05, 0) is 19.7 Å². The number of carbonyl (C=O) groups is 1. The van der Waals surface area contributed by atoms with Gasteiger partial charge in [-0.2, -0.15) is 0 Å². The molecule has 2 rings (SSSR count). The number of thiazole rings is 1. The van der Waals surface area contributed by atoms with Crippen LogP contribution in [0.2, 0.25) is 0 Å². The molecule has 0 aliphatic heterocycles. The first kappa shape index (κ1) is 17.6. The van der Waals surface area contributed by atoms with E-state index in [9.17, 15) is 4.79 Å². The molecule has 124 valence electrons. The van der Waals surface area contributed by atoms with Gasteiger partial charge in [-0.3, -0.25) is 4.79 Å². The second kappa shape index (κ2) is 8.76. The number of likely N-dealkylation sites (N-methyl/N-ethyl adjacent to an activating group) is 1. The largest absolute Gasteiger partial charge is 0.378 e. The van der Waals surface area contributed by atoms with Crippen molar-refractivity contribution >= 4 is 17.2 Å². The van der Waals surface area contributed by atoms with Crippen LogP contribution in [0, 0.1) is 0 Å². The van der Waals surface area contributed by atoms with Crippen LogP contribution in [-0.4, -0.2) is 55.0 Å². The zero-order valence-electron chi connectivity index (χ0n) is 13.9. The number of hydrogen-bond acceptors (Lipinski definition) is 5. The Kier molecular flexibility index (Phi) is 6.70. The molecule has 0 radical (unpaired) electrons. The van der Waals surface area contributed by atoms with E-state index in [1.807, 2.05) is 54.7 Å². The van der Waals surface area contributed by atoms with Crippen LogP contribution in [0.25, 0.3) is 0 Å². The summed E-state index contributed by atoms with van der Waals surface area (Å²) >= 11 is 1.46. The predicted octanol–water partition coefficient (Wildman–Crippen LogP) is 2.49.